The summed E-state index contributed by atoms with van der Waals surface area (Å²) in [5, 5.41) is 4.07. The molecule has 2 rings (SSSR count). The number of amides is 1. The Bertz CT molecular complexity index is 676. The molecular formula is C18H20N2O3. The van der Waals surface area contributed by atoms with Gasteiger partial charge in [0.15, 0.2) is 6.61 Å². The molecule has 0 spiro atoms. The third-order valence-corrected chi connectivity index (χ3v) is 3.25. The van der Waals surface area contributed by atoms with E-state index < -0.39 is 0 Å². The number of nitrogens with one attached hydrogen (secondary N) is 1. The van der Waals surface area contributed by atoms with Crippen molar-refractivity contribution in [3.8, 4) is 11.5 Å². The van der Waals surface area contributed by atoms with Crippen molar-refractivity contribution in [3.63, 3.8) is 0 Å². The molecule has 5 heteroatoms. The lowest BCUT2D eigenvalue weighted by molar-refractivity contribution is -0.123. The summed E-state index contributed by atoms with van der Waals surface area (Å²) in [7, 11) is 1.62. The maximum Gasteiger partial charge on any atom is 0.277 e. The van der Waals surface area contributed by atoms with Gasteiger partial charge in [-0.1, -0.05) is 17.7 Å². The van der Waals surface area contributed by atoms with Crippen molar-refractivity contribution in [1.29, 1.82) is 0 Å². The first kappa shape index (κ1) is 16.5. The van der Waals surface area contributed by atoms with Crippen molar-refractivity contribution in [2.45, 2.75) is 13.8 Å². The van der Waals surface area contributed by atoms with Gasteiger partial charge in [-0.3, -0.25) is 4.79 Å². The third-order valence-electron chi connectivity index (χ3n) is 3.25. The van der Waals surface area contributed by atoms with Gasteiger partial charge >= 0.3 is 0 Å². The molecule has 120 valence electrons. The fraction of sp³-hybridized carbons (Fsp3) is 0.222. The molecule has 0 aliphatic heterocycles. The van der Waals surface area contributed by atoms with Crippen LogP contribution >= 0.6 is 0 Å². The van der Waals surface area contributed by atoms with Gasteiger partial charge in [-0.2, -0.15) is 5.10 Å². The summed E-state index contributed by atoms with van der Waals surface area (Å²) in [5.41, 5.74) is 5.24. The Morgan fingerprint density at radius 1 is 1.04 bits per heavy atom. The van der Waals surface area contributed by atoms with Crippen molar-refractivity contribution in [2.24, 2.45) is 5.10 Å². The number of nitrogens with zero attached hydrogens (tertiary/aromatic N) is 1. The van der Waals surface area contributed by atoms with Crippen LogP contribution in [0.5, 0.6) is 11.5 Å². The number of carbonyl (C=O) groups is 1. The Hall–Kier alpha value is -2.82. The van der Waals surface area contributed by atoms with E-state index in [4.69, 9.17) is 9.47 Å². The highest BCUT2D eigenvalue weighted by atomic mass is 16.5. The maximum atomic E-state index is 11.8. The molecular weight excluding hydrogens is 292 g/mol. The van der Waals surface area contributed by atoms with Crippen molar-refractivity contribution in [2.75, 3.05) is 13.7 Å². The van der Waals surface area contributed by atoms with E-state index in [1.54, 1.807) is 7.11 Å². The van der Waals surface area contributed by atoms with E-state index in [-0.39, 0.29) is 12.5 Å². The van der Waals surface area contributed by atoms with E-state index in [0.717, 1.165) is 16.9 Å². The van der Waals surface area contributed by atoms with Gasteiger partial charge in [0.05, 0.1) is 12.8 Å². The number of hydrazone groups is 1. The van der Waals surface area contributed by atoms with Crippen LogP contribution in [0.25, 0.3) is 0 Å². The van der Waals surface area contributed by atoms with Crippen molar-refractivity contribution >= 4 is 11.6 Å². The number of aryl methyl sites for hydroxylation is 1. The SMILES string of the molecule is COc1ccc(/C(C)=N/NC(=O)COc2ccc(C)cc2)cc1. The van der Waals surface area contributed by atoms with Gasteiger partial charge in [-0.15, -0.1) is 0 Å². The van der Waals surface area contributed by atoms with Crippen molar-refractivity contribution in [1.82, 2.24) is 5.43 Å². The predicted molar refractivity (Wildman–Crippen MR) is 90.0 cm³/mol. The highest BCUT2D eigenvalue weighted by Gasteiger charge is 2.03. The van der Waals surface area contributed by atoms with Gasteiger partial charge in [-0.05, 0) is 55.8 Å². The number of benzene rings is 2. The molecule has 0 atom stereocenters. The molecule has 0 bridgehead atoms. The minimum Gasteiger partial charge on any atom is -0.497 e. The molecule has 0 radical (unpaired) electrons. The number of carbonyl (C=O) groups excluding carboxylic acids is 1. The topological polar surface area (TPSA) is 59.9 Å². The van der Waals surface area contributed by atoms with Crippen LogP contribution < -0.4 is 14.9 Å². The maximum absolute atomic E-state index is 11.8. The zero-order valence-electron chi connectivity index (χ0n) is 13.5. The van der Waals surface area contributed by atoms with Gasteiger partial charge in [-0.25, -0.2) is 5.43 Å². The van der Waals surface area contributed by atoms with Gasteiger partial charge in [0.2, 0.25) is 0 Å². The standard InChI is InChI=1S/C18H20N2O3/c1-13-4-8-17(9-5-13)23-12-18(21)20-19-14(2)15-6-10-16(22-3)11-7-15/h4-11H,12H2,1-3H3,(H,20,21)/b19-14+. The molecule has 23 heavy (non-hydrogen) atoms. The Labute approximate surface area is 135 Å². The van der Waals surface area contributed by atoms with E-state index in [1.165, 1.54) is 0 Å². The highest BCUT2D eigenvalue weighted by molar-refractivity contribution is 5.99. The smallest absolute Gasteiger partial charge is 0.277 e. The molecule has 0 heterocycles. The molecule has 0 saturated carbocycles. The summed E-state index contributed by atoms with van der Waals surface area (Å²) in [6.07, 6.45) is 0. The molecule has 0 unspecified atom stereocenters. The first-order chi connectivity index (χ1) is 11.1. The average molecular weight is 312 g/mol. The molecule has 0 aliphatic rings. The minimum atomic E-state index is -0.307. The fourth-order valence-electron chi connectivity index (χ4n) is 1.86. The fourth-order valence-corrected chi connectivity index (χ4v) is 1.86. The second kappa shape index (κ2) is 7.98. The van der Waals surface area contributed by atoms with Crippen LogP contribution in [0.2, 0.25) is 0 Å². The Morgan fingerprint density at radius 3 is 2.26 bits per heavy atom. The van der Waals surface area contributed by atoms with E-state index in [9.17, 15) is 4.79 Å². The zero-order valence-corrected chi connectivity index (χ0v) is 13.5. The lowest BCUT2D eigenvalue weighted by atomic mass is 10.1. The molecule has 0 fully saturated rings. The monoisotopic (exact) mass is 312 g/mol. The molecule has 5 nitrogen and oxygen atoms in total. The van der Waals surface area contributed by atoms with Crippen LogP contribution in [0.3, 0.4) is 0 Å². The summed E-state index contributed by atoms with van der Waals surface area (Å²) in [6.45, 7) is 3.73. The van der Waals surface area contributed by atoms with Crippen molar-refractivity contribution < 1.29 is 14.3 Å². The largest absolute Gasteiger partial charge is 0.497 e. The molecule has 2 aromatic carbocycles. The van der Waals surface area contributed by atoms with E-state index >= 15 is 0 Å². The van der Waals surface area contributed by atoms with Crippen LogP contribution in [-0.2, 0) is 4.79 Å². The number of methoxy groups -OCH3 is 1. The van der Waals surface area contributed by atoms with E-state index in [1.807, 2.05) is 62.4 Å². The van der Waals surface area contributed by atoms with Crippen LogP contribution in [0, 0.1) is 6.92 Å². The number of ether oxygens (including phenoxy) is 2. The molecule has 0 aromatic heterocycles. The molecule has 1 amide bonds. The third kappa shape index (κ3) is 5.14. The average Bonchev–Trinajstić information content (AvgIpc) is 2.59. The van der Waals surface area contributed by atoms with E-state index in [0.29, 0.717) is 11.5 Å². The number of hydrogen-bond donors (Lipinski definition) is 1. The second-order valence-corrected chi connectivity index (χ2v) is 5.06. The first-order valence-corrected chi connectivity index (χ1v) is 7.25. The lowest BCUT2D eigenvalue weighted by Crippen LogP contribution is -2.25. The molecule has 0 saturated heterocycles. The molecule has 2 aromatic rings. The molecule has 1 N–H and O–H groups in total. The quantitative estimate of drug-likeness (QED) is 0.659. The Morgan fingerprint density at radius 2 is 1.65 bits per heavy atom. The number of rotatable bonds is 6. The minimum absolute atomic E-state index is 0.0809. The van der Waals surface area contributed by atoms with Gasteiger partial charge in [0, 0.05) is 0 Å². The summed E-state index contributed by atoms with van der Waals surface area (Å²) in [4.78, 5) is 11.8. The van der Waals surface area contributed by atoms with Crippen LogP contribution in [0.1, 0.15) is 18.1 Å². The van der Waals surface area contributed by atoms with Crippen molar-refractivity contribution in [3.05, 3.63) is 59.7 Å². The van der Waals surface area contributed by atoms with Crippen LogP contribution in [-0.4, -0.2) is 25.3 Å². The summed E-state index contributed by atoms with van der Waals surface area (Å²) in [6, 6.07) is 15.0. The normalized spacial score (nSPS) is 11.0. The second-order valence-electron chi connectivity index (χ2n) is 5.06. The molecule has 0 aliphatic carbocycles. The van der Waals surface area contributed by atoms with Crippen LogP contribution in [0.15, 0.2) is 53.6 Å². The first-order valence-electron chi connectivity index (χ1n) is 7.25. The highest BCUT2D eigenvalue weighted by Crippen LogP contribution is 2.12. The van der Waals surface area contributed by atoms with Gasteiger partial charge in [0.25, 0.3) is 5.91 Å². The van der Waals surface area contributed by atoms with Gasteiger partial charge < -0.3 is 9.47 Å². The van der Waals surface area contributed by atoms with Gasteiger partial charge in [0.1, 0.15) is 11.5 Å². The lowest BCUT2D eigenvalue weighted by Gasteiger charge is -2.06. The Kier molecular flexibility index (Phi) is 5.74. The van der Waals surface area contributed by atoms with E-state index in [2.05, 4.69) is 10.5 Å². The summed E-state index contributed by atoms with van der Waals surface area (Å²) >= 11 is 0. The predicted octanol–water partition coefficient (Wildman–Crippen LogP) is 2.92. The number of hydrogen-bond acceptors (Lipinski definition) is 4. The Balaban J connectivity index is 1.85. The summed E-state index contributed by atoms with van der Waals surface area (Å²) < 4.78 is 10.5. The summed E-state index contributed by atoms with van der Waals surface area (Å²) in [5.74, 6) is 1.12. The van der Waals surface area contributed by atoms with Crippen LogP contribution in [0.4, 0.5) is 0 Å². The zero-order chi connectivity index (χ0) is 16.7.